The molecule has 0 N–H and O–H groups in total. The van der Waals surface area contributed by atoms with Crippen LogP contribution in [0.25, 0.3) is 22.0 Å². The highest BCUT2D eigenvalue weighted by Gasteiger charge is 2.17. The summed E-state index contributed by atoms with van der Waals surface area (Å²) in [5.74, 6) is 1.38. The van der Waals surface area contributed by atoms with Gasteiger partial charge in [-0.15, -0.1) is 5.10 Å². The lowest BCUT2D eigenvalue weighted by Gasteiger charge is -2.04. The number of aromatic nitrogens is 5. The summed E-state index contributed by atoms with van der Waals surface area (Å²) >= 11 is 0. The highest BCUT2D eigenvalue weighted by Crippen LogP contribution is 2.26. The molecular weight excluding hydrogens is 360 g/mol. The molecule has 0 spiro atoms. The van der Waals surface area contributed by atoms with Crippen LogP contribution in [0, 0.1) is 17.0 Å². The summed E-state index contributed by atoms with van der Waals surface area (Å²) in [5.41, 5.74) is 1.70. The minimum atomic E-state index is -0.434. The number of imidazole rings is 1. The van der Waals surface area contributed by atoms with E-state index in [4.69, 9.17) is 4.74 Å². The van der Waals surface area contributed by atoms with E-state index in [1.807, 2.05) is 42.6 Å². The van der Waals surface area contributed by atoms with Crippen molar-refractivity contribution < 1.29 is 9.66 Å². The molecule has 0 amide bonds. The van der Waals surface area contributed by atoms with Crippen LogP contribution < -0.4 is 4.74 Å². The van der Waals surface area contributed by atoms with Crippen molar-refractivity contribution in [3.8, 4) is 17.0 Å². The van der Waals surface area contributed by atoms with Gasteiger partial charge in [-0.2, -0.15) is 0 Å². The summed E-state index contributed by atoms with van der Waals surface area (Å²) in [6.45, 7) is 2.59. The zero-order valence-corrected chi connectivity index (χ0v) is 15.4. The van der Waals surface area contributed by atoms with Crippen LogP contribution >= 0.6 is 0 Å². The van der Waals surface area contributed by atoms with Crippen molar-refractivity contribution in [1.29, 1.82) is 0 Å². The summed E-state index contributed by atoms with van der Waals surface area (Å²) < 4.78 is 8.49. The Kier molecular flexibility index (Phi) is 4.48. The number of aryl methyl sites for hydroxylation is 2. The van der Waals surface area contributed by atoms with E-state index in [2.05, 4.69) is 15.3 Å². The number of hydrogen-bond donors (Lipinski definition) is 0. The molecule has 0 saturated heterocycles. The first-order chi connectivity index (χ1) is 13.5. The minimum Gasteiger partial charge on any atom is -0.497 e. The SMILES string of the molecule is COc1ccc2cc(-c3cn(CCn4c([N+](=O)[O-])cnc4C)nn3)ccc2c1. The summed E-state index contributed by atoms with van der Waals surface area (Å²) in [4.78, 5) is 14.7. The van der Waals surface area contributed by atoms with Gasteiger partial charge < -0.3 is 14.9 Å². The number of hydrogen-bond acceptors (Lipinski definition) is 6. The van der Waals surface area contributed by atoms with Gasteiger partial charge in [0, 0.05) is 12.5 Å². The van der Waals surface area contributed by atoms with Gasteiger partial charge in [-0.25, -0.2) is 14.2 Å². The number of fused-ring (bicyclic) bond motifs is 1. The number of ether oxygens (including phenoxy) is 1. The van der Waals surface area contributed by atoms with Crippen molar-refractivity contribution in [2.75, 3.05) is 7.11 Å². The third-order valence-electron chi connectivity index (χ3n) is 4.66. The van der Waals surface area contributed by atoms with Crippen LogP contribution in [-0.4, -0.2) is 36.6 Å². The summed E-state index contributed by atoms with van der Waals surface area (Å²) in [6.07, 6.45) is 3.11. The predicted molar refractivity (Wildman–Crippen MR) is 103 cm³/mol. The van der Waals surface area contributed by atoms with Crippen LogP contribution in [0.3, 0.4) is 0 Å². The number of rotatable bonds is 6. The second-order valence-electron chi connectivity index (χ2n) is 6.37. The van der Waals surface area contributed by atoms with E-state index in [0.717, 1.165) is 27.8 Å². The van der Waals surface area contributed by atoms with Crippen LogP contribution in [0.2, 0.25) is 0 Å². The maximum absolute atomic E-state index is 11.1. The molecule has 0 aliphatic rings. The average molecular weight is 378 g/mol. The molecule has 9 nitrogen and oxygen atoms in total. The average Bonchev–Trinajstić information content (AvgIpc) is 3.32. The van der Waals surface area contributed by atoms with E-state index in [1.54, 1.807) is 23.3 Å². The maximum Gasteiger partial charge on any atom is 0.342 e. The highest BCUT2D eigenvalue weighted by atomic mass is 16.6. The Balaban J connectivity index is 1.54. The fourth-order valence-corrected chi connectivity index (χ4v) is 3.13. The van der Waals surface area contributed by atoms with Gasteiger partial charge in [0.15, 0.2) is 5.82 Å². The van der Waals surface area contributed by atoms with E-state index in [9.17, 15) is 10.1 Å². The fourth-order valence-electron chi connectivity index (χ4n) is 3.13. The second kappa shape index (κ2) is 7.10. The van der Waals surface area contributed by atoms with Crippen molar-refractivity contribution in [3.63, 3.8) is 0 Å². The molecule has 142 valence electrons. The Labute approximate surface area is 160 Å². The van der Waals surface area contributed by atoms with Crippen molar-refractivity contribution in [2.45, 2.75) is 20.0 Å². The summed E-state index contributed by atoms with van der Waals surface area (Å²) in [6, 6.07) is 12.0. The molecule has 0 radical (unpaired) electrons. The largest absolute Gasteiger partial charge is 0.497 e. The molecule has 0 bridgehead atoms. The zero-order chi connectivity index (χ0) is 19.7. The first-order valence-electron chi connectivity index (χ1n) is 8.70. The molecule has 9 heteroatoms. The van der Waals surface area contributed by atoms with Crippen molar-refractivity contribution in [1.82, 2.24) is 24.5 Å². The van der Waals surface area contributed by atoms with Gasteiger partial charge in [0.2, 0.25) is 0 Å². The molecule has 0 atom stereocenters. The molecule has 0 aliphatic heterocycles. The second-order valence-corrected chi connectivity index (χ2v) is 6.37. The molecule has 0 saturated carbocycles. The van der Waals surface area contributed by atoms with Gasteiger partial charge in [0.25, 0.3) is 0 Å². The molecule has 2 aromatic heterocycles. The lowest BCUT2D eigenvalue weighted by atomic mass is 10.1. The smallest absolute Gasteiger partial charge is 0.342 e. The van der Waals surface area contributed by atoms with Crippen LogP contribution in [0.15, 0.2) is 48.8 Å². The molecule has 0 fully saturated rings. The normalized spacial score (nSPS) is 11.1. The third kappa shape index (κ3) is 3.29. The number of benzene rings is 2. The highest BCUT2D eigenvalue weighted by molar-refractivity contribution is 5.87. The molecular formula is C19H18N6O3. The van der Waals surface area contributed by atoms with E-state index >= 15 is 0 Å². The van der Waals surface area contributed by atoms with Gasteiger partial charge in [-0.3, -0.25) is 0 Å². The Hall–Kier alpha value is -3.75. The predicted octanol–water partition coefficient (Wildman–Crippen LogP) is 3.22. The maximum atomic E-state index is 11.1. The fraction of sp³-hybridized carbons (Fsp3) is 0.211. The van der Waals surface area contributed by atoms with Crippen molar-refractivity contribution in [2.24, 2.45) is 0 Å². The number of methoxy groups -OCH3 is 1. The Morgan fingerprint density at radius 1 is 1.14 bits per heavy atom. The van der Waals surface area contributed by atoms with Crippen LogP contribution in [-0.2, 0) is 13.1 Å². The van der Waals surface area contributed by atoms with Gasteiger partial charge in [-0.1, -0.05) is 23.4 Å². The molecule has 4 aromatic rings. The van der Waals surface area contributed by atoms with Gasteiger partial charge in [0.05, 0.1) is 19.9 Å². The third-order valence-corrected chi connectivity index (χ3v) is 4.66. The molecule has 0 unspecified atom stereocenters. The standard InChI is InChI=1S/C19H18N6O3/c1-13-20-11-19(25(26)27)24(13)8-7-23-12-18(21-22-23)16-4-3-15-10-17(28-2)6-5-14(15)9-16/h3-6,9-12H,7-8H2,1-2H3. The topological polar surface area (TPSA) is 101 Å². The molecule has 0 aliphatic carbocycles. The van der Waals surface area contributed by atoms with Gasteiger partial charge >= 0.3 is 5.82 Å². The van der Waals surface area contributed by atoms with Crippen molar-refractivity contribution in [3.05, 3.63) is 64.7 Å². The first kappa shape index (κ1) is 17.7. The van der Waals surface area contributed by atoms with E-state index in [-0.39, 0.29) is 5.82 Å². The van der Waals surface area contributed by atoms with Gasteiger partial charge in [-0.05, 0) is 33.9 Å². The van der Waals surface area contributed by atoms with Crippen LogP contribution in [0.5, 0.6) is 5.75 Å². The summed E-state index contributed by atoms with van der Waals surface area (Å²) in [5, 5.41) is 21.6. The molecule has 4 rings (SSSR count). The molecule has 2 aromatic carbocycles. The van der Waals surface area contributed by atoms with Crippen LogP contribution in [0.4, 0.5) is 5.82 Å². The Bertz CT molecular complexity index is 1160. The Morgan fingerprint density at radius 2 is 1.93 bits per heavy atom. The Morgan fingerprint density at radius 3 is 2.71 bits per heavy atom. The van der Waals surface area contributed by atoms with Gasteiger partial charge in [0.1, 0.15) is 24.2 Å². The van der Waals surface area contributed by atoms with E-state index in [0.29, 0.717) is 18.9 Å². The number of nitrogens with zero attached hydrogens (tertiary/aromatic N) is 6. The zero-order valence-electron chi connectivity index (χ0n) is 15.4. The van der Waals surface area contributed by atoms with Crippen LogP contribution in [0.1, 0.15) is 5.82 Å². The molecule has 28 heavy (non-hydrogen) atoms. The van der Waals surface area contributed by atoms with Crippen molar-refractivity contribution >= 4 is 16.6 Å². The first-order valence-corrected chi connectivity index (χ1v) is 8.70. The van der Waals surface area contributed by atoms with E-state index in [1.165, 1.54) is 6.20 Å². The lowest BCUT2D eigenvalue weighted by molar-refractivity contribution is -0.392. The van der Waals surface area contributed by atoms with E-state index < -0.39 is 4.92 Å². The monoisotopic (exact) mass is 378 g/mol. The lowest BCUT2D eigenvalue weighted by Crippen LogP contribution is -2.11. The number of nitro groups is 1. The molecule has 2 heterocycles. The summed E-state index contributed by atoms with van der Waals surface area (Å²) in [7, 11) is 1.65. The quantitative estimate of drug-likeness (QED) is 0.377. The minimum absolute atomic E-state index is 0.0252.